The lowest BCUT2D eigenvalue weighted by Gasteiger charge is -2.17. The number of ether oxygens (including phenoxy) is 2. The van der Waals surface area contributed by atoms with Gasteiger partial charge in [0.05, 0.1) is 49.9 Å². The highest BCUT2D eigenvalue weighted by molar-refractivity contribution is 6.56. The van der Waals surface area contributed by atoms with Crippen molar-refractivity contribution in [3.05, 3.63) is 79.7 Å². The van der Waals surface area contributed by atoms with Gasteiger partial charge in [0.1, 0.15) is 11.5 Å². The van der Waals surface area contributed by atoms with E-state index in [0.717, 1.165) is 4.90 Å². The van der Waals surface area contributed by atoms with Crippen molar-refractivity contribution in [2.24, 2.45) is 5.92 Å². The first-order valence-corrected chi connectivity index (χ1v) is 12.6. The van der Waals surface area contributed by atoms with E-state index in [1.165, 1.54) is 29.2 Å². The Morgan fingerprint density at radius 1 is 0.816 bits per heavy atom. The largest absolute Gasteiger partial charge is 0.497 e. The number of imide groups is 1. The molecule has 2 aliphatic rings. The molecule has 3 aromatic carbocycles. The SMILES string of the molecule is COc1ccc(N2C[C@H](C(=O)Oc3cccc(N4C(=O)c5c(Cl)c(Cl)c(Cl)c(Cl)c5C4=O)c3)CC2=O)cc1. The van der Waals surface area contributed by atoms with E-state index in [0.29, 0.717) is 11.4 Å². The van der Waals surface area contributed by atoms with Crippen molar-refractivity contribution in [1.82, 2.24) is 0 Å². The van der Waals surface area contributed by atoms with Crippen LogP contribution in [0.2, 0.25) is 20.1 Å². The van der Waals surface area contributed by atoms with Crippen LogP contribution in [0.15, 0.2) is 48.5 Å². The molecule has 1 saturated heterocycles. The van der Waals surface area contributed by atoms with E-state index in [1.807, 2.05) is 0 Å². The number of hydrogen-bond donors (Lipinski definition) is 0. The Hall–Kier alpha value is -3.30. The molecule has 0 aliphatic carbocycles. The summed E-state index contributed by atoms with van der Waals surface area (Å²) in [4.78, 5) is 54.1. The number of esters is 1. The van der Waals surface area contributed by atoms with Gasteiger partial charge in [-0.25, -0.2) is 4.90 Å². The Labute approximate surface area is 236 Å². The third-order valence-electron chi connectivity index (χ3n) is 6.24. The van der Waals surface area contributed by atoms with Crippen LogP contribution in [0.5, 0.6) is 11.5 Å². The second kappa shape index (κ2) is 10.1. The van der Waals surface area contributed by atoms with Gasteiger partial charge < -0.3 is 14.4 Å². The van der Waals surface area contributed by atoms with Gasteiger partial charge >= 0.3 is 5.97 Å². The van der Waals surface area contributed by atoms with Crippen molar-refractivity contribution in [1.29, 1.82) is 0 Å². The Morgan fingerprint density at radius 2 is 1.42 bits per heavy atom. The first kappa shape index (κ1) is 26.3. The predicted molar refractivity (Wildman–Crippen MR) is 143 cm³/mol. The summed E-state index contributed by atoms with van der Waals surface area (Å²) in [6.07, 6.45) is -0.0263. The lowest BCUT2D eigenvalue weighted by Crippen LogP contribution is -2.29. The van der Waals surface area contributed by atoms with E-state index in [9.17, 15) is 19.2 Å². The number of benzene rings is 3. The van der Waals surface area contributed by atoms with Gasteiger partial charge in [-0.05, 0) is 36.4 Å². The van der Waals surface area contributed by atoms with Crippen molar-refractivity contribution in [2.45, 2.75) is 6.42 Å². The minimum absolute atomic E-state index is 0.0263. The topological polar surface area (TPSA) is 93.2 Å². The molecule has 0 unspecified atom stereocenters. The zero-order chi connectivity index (χ0) is 27.3. The van der Waals surface area contributed by atoms with E-state index in [2.05, 4.69) is 0 Å². The Kier molecular flexibility index (Phi) is 7.00. The summed E-state index contributed by atoms with van der Waals surface area (Å²) in [7, 11) is 1.54. The molecule has 0 aromatic heterocycles. The summed E-state index contributed by atoms with van der Waals surface area (Å²) < 4.78 is 10.7. The lowest BCUT2D eigenvalue weighted by atomic mass is 10.1. The van der Waals surface area contributed by atoms with Crippen LogP contribution in [0, 0.1) is 5.92 Å². The number of carbonyl (C=O) groups is 4. The summed E-state index contributed by atoms with van der Waals surface area (Å²) in [6, 6.07) is 12.7. The van der Waals surface area contributed by atoms with Crippen LogP contribution in [-0.4, -0.2) is 37.3 Å². The number of halogens is 4. The maximum Gasteiger partial charge on any atom is 0.316 e. The normalized spacial score (nSPS) is 16.8. The van der Waals surface area contributed by atoms with Crippen LogP contribution in [0.4, 0.5) is 11.4 Å². The van der Waals surface area contributed by atoms with E-state index in [-0.39, 0.29) is 61.5 Å². The van der Waals surface area contributed by atoms with Crippen LogP contribution >= 0.6 is 46.4 Å². The third-order valence-corrected chi connectivity index (χ3v) is 8.04. The molecule has 0 saturated carbocycles. The number of anilines is 2. The van der Waals surface area contributed by atoms with Crippen LogP contribution in [-0.2, 0) is 9.59 Å². The highest BCUT2D eigenvalue weighted by Crippen LogP contribution is 2.46. The standard InChI is InChI=1S/C26H16Cl4N2O6/c1-37-15-7-5-13(6-8-15)31-11-12(9-17(31)33)26(36)38-16-4-2-3-14(10-16)32-24(34)18-19(25(32)35)21(28)23(30)22(29)20(18)27/h2-8,10,12H,9,11H2,1H3/t12-/m1/s1. The van der Waals surface area contributed by atoms with Gasteiger partial charge in [-0.3, -0.25) is 19.2 Å². The second-order valence-corrected chi connectivity index (χ2v) is 9.99. The molecule has 0 spiro atoms. The number of rotatable bonds is 5. The number of nitrogens with zero attached hydrogens (tertiary/aromatic N) is 2. The average Bonchev–Trinajstić information content (AvgIpc) is 3.43. The molecule has 3 aromatic rings. The zero-order valence-corrected chi connectivity index (χ0v) is 22.5. The lowest BCUT2D eigenvalue weighted by molar-refractivity contribution is -0.139. The molecule has 3 amide bonds. The fraction of sp³-hybridized carbons (Fsp3) is 0.154. The molecule has 5 rings (SSSR count). The molecule has 38 heavy (non-hydrogen) atoms. The highest BCUT2D eigenvalue weighted by atomic mass is 35.5. The smallest absolute Gasteiger partial charge is 0.316 e. The average molecular weight is 594 g/mol. The van der Waals surface area contributed by atoms with Gasteiger partial charge in [0.15, 0.2) is 0 Å². The fourth-order valence-corrected chi connectivity index (χ4v) is 5.36. The minimum Gasteiger partial charge on any atom is -0.497 e. The van der Waals surface area contributed by atoms with Gasteiger partial charge in [-0.2, -0.15) is 0 Å². The molecule has 194 valence electrons. The maximum atomic E-state index is 13.1. The van der Waals surface area contributed by atoms with E-state index in [4.69, 9.17) is 55.9 Å². The number of methoxy groups -OCH3 is 1. The molecule has 1 fully saturated rings. The van der Waals surface area contributed by atoms with E-state index in [1.54, 1.807) is 31.4 Å². The van der Waals surface area contributed by atoms with Gasteiger partial charge in [-0.15, -0.1) is 0 Å². The summed E-state index contributed by atoms with van der Waals surface area (Å²) >= 11 is 24.5. The molecular formula is C26H16Cl4N2O6. The summed E-state index contributed by atoms with van der Waals surface area (Å²) in [5.74, 6) is -2.35. The number of carbonyl (C=O) groups excluding carboxylic acids is 4. The van der Waals surface area contributed by atoms with Crippen LogP contribution in [0.1, 0.15) is 27.1 Å². The molecular weight excluding hydrogens is 578 g/mol. The van der Waals surface area contributed by atoms with Crippen molar-refractivity contribution in [3.8, 4) is 11.5 Å². The summed E-state index contributed by atoms with van der Waals surface area (Å²) in [6.45, 7) is 0.139. The quantitative estimate of drug-likeness (QED) is 0.117. The van der Waals surface area contributed by atoms with Crippen molar-refractivity contribution in [2.75, 3.05) is 23.5 Å². The zero-order valence-electron chi connectivity index (χ0n) is 19.5. The monoisotopic (exact) mass is 592 g/mol. The first-order valence-electron chi connectivity index (χ1n) is 11.1. The molecule has 2 heterocycles. The van der Waals surface area contributed by atoms with Gasteiger partial charge in [0, 0.05) is 24.7 Å². The molecule has 0 N–H and O–H groups in total. The summed E-state index contributed by atoms with van der Waals surface area (Å²) in [5.41, 5.74) is 0.419. The molecule has 8 nitrogen and oxygen atoms in total. The summed E-state index contributed by atoms with van der Waals surface area (Å²) in [5, 5.41) is -0.659. The Bertz CT molecular complexity index is 1480. The van der Waals surface area contributed by atoms with Gasteiger partial charge in [0.25, 0.3) is 11.8 Å². The van der Waals surface area contributed by atoms with E-state index < -0.39 is 23.7 Å². The van der Waals surface area contributed by atoms with Crippen LogP contribution in [0.25, 0.3) is 0 Å². The molecule has 12 heteroatoms. The van der Waals surface area contributed by atoms with Crippen molar-refractivity contribution >= 4 is 81.5 Å². The van der Waals surface area contributed by atoms with Gasteiger partial charge in [-0.1, -0.05) is 52.5 Å². The Morgan fingerprint density at radius 3 is 2.00 bits per heavy atom. The highest BCUT2D eigenvalue weighted by Gasteiger charge is 2.43. The second-order valence-electron chi connectivity index (χ2n) is 8.47. The number of amides is 3. The van der Waals surface area contributed by atoms with Crippen LogP contribution in [0.3, 0.4) is 0 Å². The number of fused-ring (bicyclic) bond motifs is 1. The van der Waals surface area contributed by atoms with Crippen molar-refractivity contribution < 1.29 is 28.7 Å². The third kappa shape index (κ3) is 4.37. The van der Waals surface area contributed by atoms with Gasteiger partial charge in [0.2, 0.25) is 5.91 Å². The molecule has 1 atom stereocenters. The maximum absolute atomic E-state index is 13.1. The van der Waals surface area contributed by atoms with Crippen LogP contribution < -0.4 is 19.3 Å². The predicted octanol–water partition coefficient (Wildman–Crippen LogP) is 6.07. The molecule has 2 aliphatic heterocycles. The fourth-order valence-electron chi connectivity index (χ4n) is 4.35. The molecule has 0 radical (unpaired) electrons. The number of hydrogen-bond acceptors (Lipinski definition) is 6. The minimum atomic E-state index is -0.754. The van der Waals surface area contributed by atoms with E-state index >= 15 is 0 Å². The van der Waals surface area contributed by atoms with Crippen molar-refractivity contribution in [3.63, 3.8) is 0 Å². The molecule has 0 bridgehead atoms. The Balaban J connectivity index is 1.35. The first-order chi connectivity index (χ1) is 18.1.